The first-order valence-corrected chi connectivity index (χ1v) is 6.12. The largest absolute Gasteiger partial charge is 0.378 e. The summed E-state index contributed by atoms with van der Waals surface area (Å²) in [6, 6.07) is 14.4. The highest BCUT2D eigenvalue weighted by atomic mass is 19.1. The number of nitrogens with one attached hydrogen (secondary N) is 1. The lowest BCUT2D eigenvalue weighted by molar-refractivity contribution is 0.627. The van der Waals surface area contributed by atoms with E-state index >= 15 is 0 Å². The molecule has 19 heavy (non-hydrogen) atoms. The molecule has 0 heterocycles. The molecule has 96 valence electrons. The van der Waals surface area contributed by atoms with Crippen LogP contribution in [0.5, 0.6) is 0 Å². The number of rotatable bonds is 3. The maximum atomic E-state index is 13.3. The van der Waals surface area contributed by atoms with Crippen LogP contribution >= 0.6 is 0 Å². The number of nitrogens with zero attached hydrogens (tertiary/aromatic N) is 1. The van der Waals surface area contributed by atoms with Crippen molar-refractivity contribution >= 4 is 5.69 Å². The van der Waals surface area contributed by atoms with Crippen LogP contribution in [0.1, 0.15) is 29.7 Å². The molecule has 1 N–H and O–H groups in total. The third kappa shape index (κ3) is 3.32. The molecule has 2 nitrogen and oxygen atoms in total. The van der Waals surface area contributed by atoms with Crippen LogP contribution in [0.15, 0.2) is 42.5 Å². The molecule has 1 unspecified atom stereocenters. The molecule has 0 aliphatic rings. The lowest BCUT2D eigenvalue weighted by Crippen LogP contribution is -2.07. The van der Waals surface area contributed by atoms with E-state index in [1.807, 2.05) is 44.2 Å². The van der Waals surface area contributed by atoms with Gasteiger partial charge in [-0.25, -0.2) is 4.39 Å². The van der Waals surface area contributed by atoms with Crippen LogP contribution in [0.2, 0.25) is 0 Å². The van der Waals surface area contributed by atoms with E-state index in [2.05, 4.69) is 5.32 Å². The molecule has 0 spiro atoms. The van der Waals surface area contributed by atoms with E-state index in [-0.39, 0.29) is 6.04 Å². The van der Waals surface area contributed by atoms with Crippen molar-refractivity contribution in [3.63, 3.8) is 0 Å². The van der Waals surface area contributed by atoms with Gasteiger partial charge in [0.1, 0.15) is 5.82 Å². The molecule has 2 rings (SSSR count). The van der Waals surface area contributed by atoms with Gasteiger partial charge in [-0.2, -0.15) is 5.26 Å². The number of hydrogen-bond acceptors (Lipinski definition) is 2. The van der Waals surface area contributed by atoms with E-state index in [9.17, 15) is 4.39 Å². The van der Waals surface area contributed by atoms with Crippen molar-refractivity contribution in [1.82, 2.24) is 0 Å². The molecule has 3 heteroatoms. The van der Waals surface area contributed by atoms with Crippen molar-refractivity contribution < 1.29 is 4.39 Å². The Labute approximate surface area is 112 Å². The average Bonchev–Trinajstić information content (AvgIpc) is 2.38. The predicted octanol–water partition coefficient (Wildman–Crippen LogP) is 4.18. The quantitative estimate of drug-likeness (QED) is 0.891. The Kier molecular flexibility index (Phi) is 3.82. The summed E-state index contributed by atoms with van der Waals surface area (Å²) >= 11 is 0. The monoisotopic (exact) mass is 254 g/mol. The zero-order valence-electron chi connectivity index (χ0n) is 10.9. The highest BCUT2D eigenvalue weighted by Gasteiger charge is 2.07. The molecule has 0 aliphatic carbocycles. The summed E-state index contributed by atoms with van der Waals surface area (Å²) in [5, 5.41) is 12.0. The molecule has 0 saturated carbocycles. The third-order valence-electron chi connectivity index (χ3n) is 2.99. The fourth-order valence-corrected chi connectivity index (χ4v) is 1.93. The van der Waals surface area contributed by atoms with Gasteiger partial charge in [0, 0.05) is 11.7 Å². The van der Waals surface area contributed by atoms with Crippen LogP contribution in [0.25, 0.3) is 0 Å². The van der Waals surface area contributed by atoms with Gasteiger partial charge < -0.3 is 5.32 Å². The van der Waals surface area contributed by atoms with E-state index in [0.717, 1.165) is 5.56 Å². The van der Waals surface area contributed by atoms with Crippen LogP contribution in [-0.2, 0) is 0 Å². The predicted molar refractivity (Wildman–Crippen MR) is 74.3 cm³/mol. The Bertz CT molecular complexity index is 612. The van der Waals surface area contributed by atoms with Crippen molar-refractivity contribution in [2.45, 2.75) is 19.9 Å². The van der Waals surface area contributed by atoms with Gasteiger partial charge in [-0.05, 0) is 37.6 Å². The lowest BCUT2D eigenvalue weighted by atomic mass is 10.1. The molecule has 0 aromatic heterocycles. The first-order chi connectivity index (χ1) is 9.08. The summed E-state index contributed by atoms with van der Waals surface area (Å²) in [5.74, 6) is -0.405. The van der Waals surface area contributed by atoms with E-state index in [0.29, 0.717) is 11.3 Å². The standard InChI is InChI=1S/C16H15FN2/c1-11-3-5-14(6-4-11)12(2)19-16-8-13(10-18)7-15(17)9-16/h3-9,12,19H,1-2H3. The molecule has 0 aliphatic heterocycles. The van der Waals surface area contributed by atoms with Gasteiger partial charge in [0.25, 0.3) is 0 Å². The Morgan fingerprint density at radius 1 is 1.16 bits per heavy atom. The summed E-state index contributed by atoms with van der Waals surface area (Å²) in [4.78, 5) is 0. The highest BCUT2D eigenvalue weighted by molar-refractivity contribution is 5.51. The molecule has 2 aromatic carbocycles. The number of hydrogen-bond donors (Lipinski definition) is 1. The van der Waals surface area contributed by atoms with Gasteiger partial charge in [-0.3, -0.25) is 0 Å². The smallest absolute Gasteiger partial charge is 0.126 e. The number of nitriles is 1. The summed E-state index contributed by atoms with van der Waals surface area (Å²) in [7, 11) is 0. The minimum Gasteiger partial charge on any atom is -0.378 e. The Hall–Kier alpha value is -2.34. The van der Waals surface area contributed by atoms with E-state index in [1.54, 1.807) is 6.07 Å². The molecule has 1 atom stereocenters. The van der Waals surface area contributed by atoms with Crippen LogP contribution in [-0.4, -0.2) is 0 Å². The molecule has 0 radical (unpaired) electrons. The van der Waals surface area contributed by atoms with Gasteiger partial charge in [0.15, 0.2) is 0 Å². The van der Waals surface area contributed by atoms with Crippen LogP contribution < -0.4 is 5.32 Å². The van der Waals surface area contributed by atoms with Crippen molar-refractivity contribution in [2.24, 2.45) is 0 Å². The van der Waals surface area contributed by atoms with Crippen molar-refractivity contribution in [2.75, 3.05) is 5.32 Å². The maximum absolute atomic E-state index is 13.3. The first-order valence-electron chi connectivity index (χ1n) is 6.12. The van der Waals surface area contributed by atoms with Gasteiger partial charge in [0.2, 0.25) is 0 Å². The summed E-state index contributed by atoms with van der Waals surface area (Å²) in [5.41, 5.74) is 3.25. The molecular formula is C16H15FN2. The van der Waals surface area contributed by atoms with Gasteiger partial charge in [-0.1, -0.05) is 29.8 Å². The van der Waals surface area contributed by atoms with E-state index in [1.165, 1.54) is 17.7 Å². The van der Waals surface area contributed by atoms with Crippen molar-refractivity contribution in [3.05, 3.63) is 65.0 Å². The number of anilines is 1. The minimum atomic E-state index is -0.405. The highest BCUT2D eigenvalue weighted by Crippen LogP contribution is 2.21. The third-order valence-corrected chi connectivity index (χ3v) is 2.99. The topological polar surface area (TPSA) is 35.8 Å². The van der Waals surface area contributed by atoms with Crippen LogP contribution in [0.3, 0.4) is 0 Å². The summed E-state index contributed by atoms with van der Waals surface area (Å²) < 4.78 is 13.3. The maximum Gasteiger partial charge on any atom is 0.126 e. The van der Waals surface area contributed by atoms with Gasteiger partial charge in [-0.15, -0.1) is 0 Å². The molecule has 0 saturated heterocycles. The number of halogens is 1. The molecule has 0 amide bonds. The van der Waals surface area contributed by atoms with Gasteiger partial charge in [0.05, 0.1) is 11.6 Å². The molecular weight excluding hydrogens is 239 g/mol. The fourth-order valence-electron chi connectivity index (χ4n) is 1.93. The molecule has 0 bridgehead atoms. The van der Waals surface area contributed by atoms with E-state index in [4.69, 9.17) is 5.26 Å². The SMILES string of the molecule is Cc1ccc(C(C)Nc2cc(F)cc(C#N)c2)cc1. The van der Waals surface area contributed by atoms with Crippen LogP contribution in [0.4, 0.5) is 10.1 Å². The van der Waals surface area contributed by atoms with E-state index < -0.39 is 5.82 Å². The Morgan fingerprint density at radius 3 is 2.47 bits per heavy atom. The first kappa shape index (κ1) is 13.1. The summed E-state index contributed by atoms with van der Waals surface area (Å²) in [6.07, 6.45) is 0. The zero-order chi connectivity index (χ0) is 13.8. The zero-order valence-corrected chi connectivity index (χ0v) is 10.9. The minimum absolute atomic E-state index is 0.0499. The second-order valence-electron chi connectivity index (χ2n) is 4.62. The lowest BCUT2D eigenvalue weighted by Gasteiger charge is -2.16. The molecule has 0 fully saturated rings. The normalized spacial score (nSPS) is 11.7. The average molecular weight is 254 g/mol. The Balaban J connectivity index is 2.19. The number of aryl methyl sites for hydroxylation is 1. The van der Waals surface area contributed by atoms with Crippen LogP contribution in [0, 0.1) is 24.1 Å². The second kappa shape index (κ2) is 5.53. The molecule has 2 aromatic rings. The fraction of sp³-hybridized carbons (Fsp3) is 0.188. The van der Waals surface area contributed by atoms with Crippen molar-refractivity contribution in [3.8, 4) is 6.07 Å². The second-order valence-corrected chi connectivity index (χ2v) is 4.62. The van der Waals surface area contributed by atoms with Crippen molar-refractivity contribution in [1.29, 1.82) is 5.26 Å². The summed E-state index contributed by atoms with van der Waals surface area (Å²) in [6.45, 7) is 4.04. The Morgan fingerprint density at radius 2 is 1.84 bits per heavy atom. The number of benzene rings is 2. The van der Waals surface area contributed by atoms with Gasteiger partial charge >= 0.3 is 0 Å².